The summed E-state index contributed by atoms with van der Waals surface area (Å²) >= 11 is 0. The highest BCUT2D eigenvalue weighted by Crippen LogP contribution is 2.25. The van der Waals surface area contributed by atoms with Crippen LogP contribution in [0.3, 0.4) is 0 Å². The molecule has 2 aliphatic rings. The van der Waals surface area contributed by atoms with Crippen molar-refractivity contribution in [3.63, 3.8) is 0 Å². The first-order valence-electron chi connectivity index (χ1n) is 12.0. The second kappa shape index (κ2) is 9.97. The molecule has 0 saturated carbocycles. The van der Waals surface area contributed by atoms with Crippen LogP contribution in [0.25, 0.3) is 11.5 Å². The van der Waals surface area contributed by atoms with Crippen LogP contribution >= 0.6 is 0 Å². The summed E-state index contributed by atoms with van der Waals surface area (Å²) in [7, 11) is 0. The fourth-order valence-corrected chi connectivity index (χ4v) is 4.57. The fourth-order valence-electron chi connectivity index (χ4n) is 4.57. The van der Waals surface area contributed by atoms with Gasteiger partial charge in [-0.15, -0.1) is 5.10 Å². The van der Waals surface area contributed by atoms with E-state index in [1.54, 1.807) is 30.0 Å². The number of fused-ring (bicyclic) bond motifs is 1. The van der Waals surface area contributed by atoms with E-state index in [0.29, 0.717) is 31.0 Å². The van der Waals surface area contributed by atoms with Crippen molar-refractivity contribution in [2.45, 2.75) is 38.8 Å². The zero-order chi connectivity index (χ0) is 25.2. The Morgan fingerprint density at radius 3 is 2.72 bits per heavy atom. The van der Waals surface area contributed by atoms with Crippen molar-refractivity contribution in [2.75, 3.05) is 31.6 Å². The summed E-state index contributed by atoms with van der Waals surface area (Å²) in [6.07, 6.45) is 2.56. The smallest absolute Gasteiger partial charge is 0.320 e. The highest BCUT2D eigenvalue weighted by molar-refractivity contribution is 6.04. The molecule has 1 aromatic carbocycles. The molecule has 12 heteroatoms. The summed E-state index contributed by atoms with van der Waals surface area (Å²) in [5, 5.41) is 23.6. The van der Waals surface area contributed by atoms with Crippen LogP contribution < -0.4 is 5.32 Å². The van der Waals surface area contributed by atoms with Crippen molar-refractivity contribution in [3.05, 3.63) is 52.8 Å². The van der Waals surface area contributed by atoms with Crippen LogP contribution in [0.15, 0.2) is 30.3 Å². The average Bonchev–Trinajstić information content (AvgIpc) is 3.60. The molecule has 11 nitrogen and oxygen atoms in total. The predicted molar refractivity (Wildman–Crippen MR) is 128 cm³/mol. The van der Waals surface area contributed by atoms with Gasteiger partial charge in [-0.3, -0.25) is 4.79 Å². The Morgan fingerprint density at radius 1 is 1.14 bits per heavy atom. The Bertz CT molecular complexity index is 1290. The number of halogens is 1. The molecule has 0 radical (unpaired) electrons. The van der Waals surface area contributed by atoms with Crippen LogP contribution in [0.2, 0.25) is 0 Å². The van der Waals surface area contributed by atoms with E-state index in [2.05, 4.69) is 25.8 Å². The molecule has 1 fully saturated rings. The summed E-state index contributed by atoms with van der Waals surface area (Å²) in [6, 6.07) is 7.47. The van der Waals surface area contributed by atoms with Gasteiger partial charge in [0.1, 0.15) is 17.3 Å². The van der Waals surface area contributed by atoms with E-state index < -0.39 is 11.7 Å². The number of hydrogen-bond acceptors (Lipinski definition) is 7. The standard InChI is InChI=1S/C24H27FN8O3/c1-15(14-34)33-22(28-29-30-33)20-5-4-6-21(26-20)27-23(35)18-11-17-13-32(10-7-16(17)12-19(18)25)24(36)31-8-2-3-9-31/h4-6,11-12,15,34H,2-3,7-10,13-14H2,1H3,(H,26,27,35)/t15-/m1/s1. The van der Waals surface area contributed by atoms with Crippen molar-refractivity contribution in [2.24, 2.45) is 0 Å². The van der Waals surface area contributed by atoms with Gasteiger partial charge in [0, 0.05) is 26.2 Å². The maximum Gasteiger partial charge on any atom is 0.320 e. The van der Waals surface area contributed by atoms with Crippen molar-refractivity contribution in [3.8, 4) is 11.5 Å². The number of tetrazole rings is 1. The minimum absolute atomic E-state index is 0.00709. The Hall–Kier alpha value is -3.93. The van der Waals surface area contributed by atoms with Gasteiger partial charge in [-0.2, -0.15) is 0 Å². The van der Waals surface area contributed by atoms with Crippen molar-refractivity contribution < 1.29 is 19.1 Å². The highest BCUT2D eigenvalue weighted by Gasteiger charge is 2.28. The number of likely N-dealkylation sites (tertiary alicyclic amines) is 1. The molecule has 0 aliphatic carbocycles. The number of pyridine rings is 1. The normalized spacial score (nSPS) is 16.1. The van der Waals surface area contributed by atoms with Gasteiger partial charge in [0.05, 0.1) is 18.2 Å². The number of carbonyl (C=O) groups is 2. The predicted octanol–water partition coefficient (Wildman–Crippen LogP) is 2.25. The SMILES string of the molecule is C[C@H](CO)n1nnnc1-c1cccc(NC(=O)c2cc3c(cc2F)CCN(C(=O)N2CCCC2)C3)n1. The third kappa shape index (κ3) is 4.63. The number of benzene rings is 1. The molecule has 2 aliphatic heterocycles. The van der Waals surface area contributed by atoms with Crippen LogP contribution in [0.1, 0.15) is 47.3 Å². The maximum absolute atomic E-state index is 14.9. The number of nitrogens with one attached hydrogen (secondary N) is 1. The maximum atomic E-state index is 14.9. The molecule has 0 unspecified atom stereocenters. The Kier molecular flexibility index (Phi) is 6.59. The molecule has 188 valence electrons. The van der Waals surface area contributed by atoms with Crippen molar-refractivity contribution in [1.82, 2.24) is 35.0 Å². The minimum Gasteiger partial charge on any atom is -0.394 e. The number of anilines is 1. The number of urea groups is 1. The van der Waals surface area contributed by atoms with E-state index in [1.807, 2.05) is 4.90 Å². The quantitative estimate of drug-likeness (QED) is 0.557. The van der Waals surface area contributed by atoms with Gasteiger partial charge < -0.3 is 20.2 Å². The first-order chi connectivity index (χ1) is 17.4. The molecule has 2 N–H and O–H groups in total. The van der Waals surface area contributed by atoms with Crippen LogP contribution in [0.5, 0.6) is 0 Å². The van der Waals surface area contributed by atoms with E-state index in [-0.39, 0.29) is 30.1 Å². The lowest BCUT2D eigenvalue weighted by atomic mass is 9.96. The van der Waals surface area contributed by atoms with E-state index in [0.717, 1.165) is 37.1 Å². The van der Waals surface area contributed by atoms with Gasteiger partial charge >= 0.3 is 6.03 Å². The van der Waals surface area contributed by atoms with E-state index >= 15 is 0 Å². The molecule has 3 amide bonds. The Morgan fingerprint density at radius 2 is 1.94 bits per heavy atom. The largest absolute Gasteiger partial charge is 0.394 e. The minimum atomic E-state index is -0.647. The van der Waals surface area contributed by atoms with Gasteiger partial charge in [-0.25, -0.2) is 18.9 Å². The third-order valence-electron chi connectivity index (χ3n) is 6.59. The highest BCUT2D eigenvalue weighted by atomic mass is 19.1. The van der Waals surface area contributed by atoms with E-state index in [9.17, 15) is 19.1 Å². The molecule has 0 spiro atoms. The summed E-state index contributed by atoms with van der Waals surface area (Å²) in [6.45, 7) is 3.98. The summed E-state index contributed by atoms with van der Waals surface area (Å²) < 4.78 is 16.3. The second-order valence-corrected chi connectivity index (χ2v) is 9.09. The monoisotopic (exact) mass is 494 g/mol. The summed E-state index contributed by atoms with van der Waals surface area (Å²) in [4.78, 5) is 33.8. The van der Waals surface area contributed by atoms with Gasteiger partial charge in [0.15, 0.2) is 0 Å². The number of hydrogen-bond donors (Lipinski definition) is 2. The number of carbonyl (C=O) groups excluding carboxylic acids is 2. The zero-order valence-electron chi connectivity index (χ0n) is 19.9. The molecule has 2 aromatic heterocycles. The lowest BCUT2D eigenvalue weighted by Gasteiger charge is -2.32. The summed E-state index contributed by atoms with van der Waals surface area (Å²) in [5.41, 5.74) is 1.84. The van der Waals surface area contributed by atoms with Crippen LogP contribution in [-0.2, 0) is 13.0 Å². The number of nitrogens with zero attached hydrogens (tertiary/aromatic N) is 7. The summed E-state index contributed by atoms with van der Waals surface area (Å²) in [5.74, 6) is -0.740. The second-order valence-electron chi connectivity index (χ2n) is 9.09. The molecule has 4 heterocycles. The van der Waals surface area contributed by atoms with Gasteiger partial charge in [0.25, 0.3) is 5.91 Å². The molecule has 36 heavy (non-hydrogen) atoms. The zero-order valence-corrected chi connectivity index (χ0v) is 19.9. The fraction of sp³-hybridized carbons (Fsp3) is 0.417. The molecule has 5 rings (SSSR count). The number of aliphatic hydroxyl groups is 1. The Balaban J connectivity index is 1.34. The van der Waals surface area contributed by atoms with E-state index in [4.69, 9.17) is 0 Å². The number of aromatic nitrogens is 5. The first-order valence-corrected chi connectivity index (χ1v) is 12.0. The van der Waals surface area contributed by atoms with Gasteiger partial charge in [-0.05, 0) is 72.0 Å². The lowest BCUT2D eigenvalue weighted by Crippen LogP contribution is -2.44. The molecular formula is C24H27FN8O3. The number of aliphatic hydroxyl groups excluding tert-OH is 1. The van der Waals surface area contributed by atoms with Crippen molar-refractivity contribution >= 4 is 17.8 Å². The molecule has 1 saturated heterocycles. The number of amides is 3. The topological polar surface area (TPSA) is 129 Å². The molecule has 0 bridgehead atoms. The molecule has 3 aromatic rings. The molecule has 1 atom stereocenters. The van der Waals surface area contributed by atoms with Gasteiger partial charge in [-0.1, -0.05) is 6.07 Å². The third-order valence-corrected chi connectivity index (χ3v) is 6.59. The Labute approximate surface area is 206 Å². The van der Waals surface area contributed by atoms with Gasteiger partial charge in [0.2, 0.25) is 5.82 Å². The molecular weight excluding hydrogens is 467 g/mol. The average molecular weight is 495 g/mol. The number of rotatable bonds is 5. The van der Waals surface area contributed by atoms with Crippen LogP contribution in [-0.4, -0.2) is 78.3 Å². The first kappa shape index (κ1) is 23.8. The lowest BCUT2D eigenvalue weighted by molar-refractivity contribution is 0.102. The van der Waals surface area contributed by atoms with Crippen molar-refractivity contribution in [1.29, 1.82) is 0 Å². The van der Waals surface area contributed by atoms with E-state index in [1.165, 1.54) is 16.8 Å². The van der Waals surface area contributed by atoms with Crippen LogP contribution in [0.4, 0.5) is 15.0 Å². The van der Waals surface area contributed by atoms with Crippen LogP contribution in [0, 0.1) is 5.82 Å².